The third-order valence-electron chi connectivity index (χ3n) is 0.416. The van der Waals surface area contributed by atoms with E-state index < -0.39 is 0 Å². The Hall–Kier alpha value is -0.990. The van der Waals surface area contributed by atoms with Crippen LogP contribution < -0.4 is 11.5 Å². The van der Waals surface area contributed by atoms with Gasteiger partial charge in [-0.2, -0.15) is 0 Å². The molecule has 40 valence electrons. The van der Waals surface area contributed by atoms with Crippen molar-refractivity contribution in [1.29, 1.82) is 0 Å². The molecule has 0 radical (unpaired) electrons. The standard InChI is InChI=1S/C4H9N3/c1-7-3-2-4(5)6/h2-3H,5-6H2,1H3. The summed E-state index contributed by atoms with van der Waals surface area (Å²) >= 11 is 0. The van der Waals surface area contributed by atoms with Crippen LogP contribution in [-0.4, -0.2) is 13.3 Å². The molecule has 0 rings (SSSR count). The Morgan fingerprint density at radius 2 is 2.14 bits per heavy atom. The Balaban J connectivity index is 3.46. The minimum atomic E-state index is 0.283. The van der Waals surface area contributed by atoms with Crippen LogP contribution in [0.1, 0.15) is 0 Å². The SMILES string of the molecule is CN=CC=C(N)N. The highest BCUT2D eigenvalue weighted by Crippen LogP contribution is 1.62. The third kappa shape index (κ3) is 5.01. The van der Waals surface area contributed by atoms with E-state index in [9.17, 15) is 0 Å². The molecule has 7 heavy (non-hydrogen) atoms. The number of nitrogens with two attached hydrogens (primary N) is 2. The molecule has 0 aromatic rings. The second-order valence-electron chi connectivity index (χ2n) is 1.07. The van der Waals surface area contributed by atoms with Crippen LogP contribution in [0.2, 0.25) is 0 Å². The third-order valence-corrected chi connectivity index (χ3v) is 0.416. The van der Waals surface area contributed by atoms with Gasteiger partial charge in [-0.1, -0.05) is 0 Å². The van der Waals surface area contributed by atoms with Gasteiger partial charge in [0, 0.05) is 13.3 Å². The fourth-order valence-corrected chi connectivity index (χ4v) is 0.161. The van der Waals surface area contributed by atoms with E-state index in [1.807, 2.05) is 0 Å². The lowest BCUT2D eigenvalue weighted by Crippen LogP contribution is -2.07. The maximum atomic E-state index is 5.03. The van der Waals surface area contributed by atoms with E-state index in [-0.39, 0.29) is 5.82 Å². The van der Waals surface area contributed by atoms with Crippen molar-refractivity contribution in [1.82, 2.24) is 0 Å². The molecule has 3 nitrogen and oxygen atoms in total. The second kappa shape index (κ2) is 3.21. The number of nitrogens with zero attached hydrogens (tertiary/aromatic N) is 1. The van der Waals surface area contributed by atoms with Gasteiger partial charge in [0.2, 0.25) is 0 Å². The quantitative estimate of drug-likeness (QED) is 0.433. The Morgan fingerprint density at radius 3 is 2.29 bits per heavy atom. The molecule has 3 heteroatoms. The largest absolute Gasteiger partial charge is 0.386 e. The fourth-order valence-electron chi connectivity index (χ4n) is 0.161. The molecular formula is C4H9N3. The highest BCUT2D eigenvalue weighted by atomic mass is 14.8. The molecule has 0 atom stereocenters. The second-order valence-corrected chi connectivity index (χ2v) is 1.07. The van der Waals surface area contributed by atoms with Crippen LogP contribution in [0.5, 0.6) is 0 Å². The molecular weight excluding hydrogens is 90.1 g/mol. The average molecular weight is 99.1 g/mol. The number of aliphatic imine (C=N–C) groups is 1. The van der Waals surface area contributed by atoms with E-state index in [0.717, 1.165) is 0 Å². The number of allylic oxidation sites excluding steroid dienone is 1. The van der Waals surface area contributed by atoms with Crippen LogP contribution in [0, 0.1) is 0 Å². The highest BCUT2D eigenvalue weighted by molar-refractivity contribution is 5.71. The van der Waals surface area contributed by atoms with Crippen LogP contribution in [0.15, 0.2) is 16.9 Å². The summed E-state index contributed by atoms with van der Waals surface area (Å²) in [5, 5.41) is 0. The first-order chi connectivity index (χ1) is 3.27. The minimum Gasteiger partial charge on any atom is -0.386 e. The van der Waals surface area contributed by atoms with Crippen LogP contribution >= 0.6 is 0 Å². The van der Waals surface area contributed by atoms with Crippen molar-refractivity contribution in [2.45, 2.75) is 0 Å². The summed E-state index contributed by atoms with van der Waals surface area (Å²) in [5.41, 5.74) is 10.1. The number of hydrogen-bond acceptors (Lipinski definition) is 3. The molecule has 0 spiro atoms. The molecule has 0 aliphatic heterocycles. The Morgan fingerprint density at radius 1 is 1.57 bits per heavy atom. The van der Waals surface area contributed by atoms with Crippen molar-refractivity contribution < 1.29 is 0 Å². The molecule has 0 aliphatic carbocycles. The van der Waals surface area contributed by atoms with Crippen molar-refractivity contribution in [3.8, 4) is 0 Å². The van der Waals surface area contributed by atoms with Gasteiger partial charge in [-0.3, -0.25) is 4.99 Å². The lowest BCUT2D eigenvalue weighted by atomic mass is 10.6. The first kappa shape index (κ1) is 6.01. The van der Waals surface area contributed by atoms with E-state index in [1.54, 1.807) is 7.05 Å². The molecule has 0 heterocycles. The van der Waals surface area contributed by atoms with Gasteiger partial charge in [-0.05, 0) is 6.08 Å². The van der Waals surface area contributed by atoms with Gasteiger partial charge in [0.1, 0.15) is 0 Å². The molecule has 0 aromatic heterocycles. The number of hydrogen-bond donors (Lipinski definition) is 2. The van der Waals surface area contributed by atoms with E-state index in [1.165, 1.54) is 12.3 Å². The van der Waals surface area contributed by atoms with Crippen LogP contribution in [-0.2, 0) is 0 Å². The number of rotatable bonds is 1. The molecule has 0 aromatic carbocycles. The van der Waals surface area contributed by atoms with E-state index in [4.69, 9.17) is 11.5 Å². The van der Waals surface area contributed by atoms with Gasteiger partial charge >= 0.3 is 0 Å². The minimum absolute atomic E-state index is 0.283. The maximum absolute atomic E-state index is 5.03. The summed E-state index contributed by atoms with van der Waals surface area (Å²) in [5.74, 6) is 0.283. The highest BCUT2D eigenvalue weighted by Gasteiger charge is 1.66. The van der Waals surface area contributed by atoms with Crippen molar-refractivity contribution in [3.05, 3.63) is 11.9 Å². The predicted molar refractivity (Wildman–Crippen MR) is 30.9 cm³/mol. The van der Waals surface area contributed by atoms with Gasteiger partial charge in [-0.25, -0.2) is 0 Å². The fraction of sp³-hybridized carbons (Fsp3) is 0.250. The summed E-state index contributed by atoms with van der Waals surface area (Å²) in [6, 6.07) is 0. The Labute approximate surface area is 42.7 Å². The van der Waals surface area contributed by atoms with E-state index in [2.05, 4.69) is 4.99 Å². The van der Waals surface area contributed by atoms with Gasteiger partial charge in [0.05, 0.1) is 5.82 Å². The lowest BCUT2D eigenvalue weighted by Gasteiger charge is -1.80. The summed E-state index contributed by atoms with van der Waals surface area (Å²) in [6.45, 7) is 0. The summed E-state index contributed by atoms with van der Waals surface area (Å²) < 4.78 is 0. The molecule has 0 saturated heterocycles. The summed E-state index contributed by atoms with van der Waals surface area (Å²) in [6.07, 6.45) is 3.06. The van der Waals surface area contributed by atoms with Gasteiger partial charge < -0.3 is 11.5 Å². The smallest absolute Gasteiger partial charge is 0.0948 e. The van der Waals surface area contributed by atoms with Gasteiger partial charge in [-0.15, -0.1) is 0 Å². The summed E-state index contributed by atoms with van der Waals surface area (Å²) in [4.78, 5) is 3.61. The molecule has 0 aliphatic rings. The van der Waals surface area contributed by atoms with E-state index in [0.29, 0.717) is 0 Å². The van der Waals surface area contributed by atoms with Crippen LogP contribution in [0.3, 0.4) is 0 Å². The molecule has 0 bridgehead atoms. The van der Waals surface area contributed by atoms with Gasteiger partial charge in [0.15, 0.2) is 0 Å². The molecule has 0 saturated carbocycles. The first-order valence-electron chi connectivity index (χ1n) is 1.90. The average Bonchev–Trinajstić information content (AvgIpc) is 1.61. The molecule has 0 fully saturated rings. The van der Waals surface area contributed by atoms with Crippen LogP contribution in [0.25, 0.3) is 0 Å². The van der Waals surface area contributed by atoms with Crippen molar-refractivity contribution >= 4 is 6.21 Å². The van der Waals surface area contributed by atoms with Crippen molar-refractivity contribution in [3.63, 3.8) is 0 Å². The zero-order valence-electron chi connectivity index (χ0n) is 4.26. The normalized spacial score (nSPS) is 9.29. The Kier molecular flexibility index (Phi) is 2.76. The monoisotopic (exact) mass is 99.1 g/mol. The first-order valence-corrected chi connectivity index (χ1v) is 1.90. The van der Waals surface area contributed by atoms with Crippen molar-refractivity contribution in [2.75, 3.05) is 7.05 Å². The van der Waals surface area contributed by atoms with Gasteiger partial charge in [0.25, 0.3) is 0 Å². The zero-order valence-corrected chi connectivity index (χ0v) is 4.26. The topological polar surface area (TPSA) is 64.4 Å². The van der Waals surface area contributed by atoms with E-state index >= 15 is 0 Å². The maximum Gasteiger partial charge on any atom is 0.0948 e. The zero-order chi connectivity index (χ0) is 5.70. The van der Waals surface area contributed by atoms with Crippen LogP contribution in [0.4, 0.5) is 0 Å². The van der Waals surface area contributed by atoms with Crippen molar-refractivity contribution in [2.24, 2.45) is 16.5 Å². The Bertz CT molecular complexity index is 89.1. The lowest BCUT2D eigenvalue weighted by molar-refractivity contribution is 1.26. The summed E-state index contributed by atoms with van der Waals surface area (Å²) in [7, 11) is 1.65. The molecule has 4 N–H and O–H groups in total. The predicted octanol–water partition coefficient (Wildman–Crippen LogP) is -0.554. The molecule has 0 unspecified atom stereocenters. The molecule has 0 amide bonds.